The monoisotopic (exact) mass is 601 g/mol. The highest BCUT2D eigenvalue weighted by molar-refractivity contribution is 5.68. The molecule has 1 rings (SSSR count). The Morgan fingerprint density at radius 2 is 0.905 bits per heavy atom. The lowest BCUT2D eigenvalue weighted by molar-refractivity contribution is -0.139. The molecule has 1 aliphatic rings. The number of unbranched alkanes of at least 4 members (excludes halogenated alkanes) is 15. The second-order valence-corrected chi connectivity index (χ2v) is 13.6. The number of carboxylic acids is 3. The van der Waals surface area contributed by atoms with Crippen molar-refractivity contribution in [1.29, 1.82) is 0 Å². The van der Waals surface area contributed by atoms with Crippen LogP contribution in [0, 0.1) is 10.8 Å². The first-order valence-corrected chi connectivity index (χ1v) is 16.9. The molecule has 0 aliphatic heterocycles. The van der Waals surface area contributed by atoms with Crippen molar-refractivity contribution < 1.29 is 29.7 Å². The van der Waals surface area contributed by atoms with Gasteiger partial charge in [-0.15, -0.1) is 0 Å². The highest BCUT2D eigenvalue weighted by Gasteiger charge is 2.38. The summed E-state index contributed by atoms with van der Waals surface area (Å²) in [5.41, 5.74) is 12.4. The SMILES string of the molecule is CC1(C)CC(N)CC(C)(CN)C1.CCCCCCCCCCCCCCCCCC(=O)O.O=C(O)CCCCC(=O)O. The molecule has 2 atom stereocenters. The summed E-state index contributed by atoms with van der Waals surface area (Å²) in [6.07, 6.45) is 24.7. The van der Waals surface area contributed by atoms with Gasteiger partial charge in [-0.1, -0.05) is 118 Å². The van der Waals surface area contributed by atoms with Crippen molar-refractivity contribution in [3.05, 3.63) is 0 Å². The fourth-order valence-corrected chi connectivity index (χ4v) is 6.07. The van der Waals surface area contributed by atoms with E-state index in [1.165, 1.54) is 89.9 Å². The molecule has 0 bridgehead atoms. The number of carboxylic acid groups (broad SMARTS) is 3. The van der Waals surface area contributed by atoms with Gasteiger partial charge in [-0.05, 0) is 55.9 Å². The molecule has 0 heterocycles. The van der Waals surface area contributed by atoms with Crippen molar-refractivity contribution >= 4 is 17.9 Å². The minimum Gasteiger partial charge on any atom is -0.481 e. The van der Waals surface area contributed by atoms with Crippen LogP contribution in [0.3, 0.4) is 0 Å². The maximum Gasteiger partial charge on any atom is 0.303 e. The van der Waals surface area contributed by atoms with E-state index in [-0.39, 0.29) is 18.3 Å². The zero-order chi connectivity index (χ0) is 32.3. The van der Waals surface area contributed by atoms with Crippen LogP contribution in [-0.4, -0.2) is 45.8 Å². The predicted octanol–water partition coefficient (Wildman–Crippen LogP) is 8.54. The predicted molar refractivity (Wildman–Crippen MR) is 174 cm³/mol. The van der Waals surface area contributed by atoms with Crippen LogP contribution in [0.4, 0.5) is 0 Å². The normalized spacial score (nSPS) is 19.1. The van der Waals surface area contributed by atoms with Crippen molar-refractivity contribution in [2.45, 2.75) is 181 Å². The summed E-state index contributed by atoms with van der Waals surface area (Å²) in [4.78, 5) is 30.1. The van der Waals surface area contributed by atoms with E-state index in [2.05, 4.69) is 27.7 Å². The van der Waals surface area contributed by atoms with Gasteiger partial charge in [-0.2, -0.15) is 0 Å². The molecule has 42 heavy (non-hydrogen) atoms. The highest BCUT2D eigenvalue weighted by Crippen LogP contribution is 2.44. The van der Waals surface area contributed by atoms with Gasteiger partial charge in [-0.3, -0.25) is 14.4 Å². The molecule has 0 aromatic carbocycles. The molecule has 1 fully saturated rings. The van der Waals surface area contributed by atoms with Gasteiger partial charge in [0.25, 0.3) is 0 Å². The smallest absolute Gasteiger partial charge is 0.303 e. The van der Waals surface area contributed by atoms with E-state index in [4.69, 9.17) is 26.8 Å². The maximum absolute atomic E-state index is 10.3. The van der Waals surface area contributed by atoms with E-state index >= 15 is 0 Å². The fourth-order valence-electron chi connectivity index (χ4n) is 6.07. The summed E-state index contributed by atoms with van der Waals surface area (Å²) in [5, 5.41) is 24.8. The van der Waals surface area contributed by atoms with Gasteiger partial charge in [0.05, 0.1) is 0 Å². The molecule has 250 valence electrons. The molecule has 7 N–H and O–H groups in total. The topological polar surface area (TPSA) is 164 Å². The van der Waals surface area contributed by atoms with Gasteiger partial charge in [0.15, 0.2) is 0 Å². The lowest BCUT2D eigenvalue weighted by atomic mass is 9.63. The summed E-state index contributed by atoms with van der Waals surface area (Å²) in [6.45, 7) is 9.88. The summed E-state index contributed by atoms with van der Waals surface area (Å²) >= 11 is 0. The van der Waals surface area contributed by atoms with Crippen LogP contribution in [0.5, 0.6) is 0 Å². The molecule has 1 saturated carbocycles. The Morgan fingerprint density at radius 3 is 1.19 bits per heavy atom. The molecule has 8 nitrogen and oxygen atoms in total. The van der Waals surface area contributed by atoms with E-state index < -0.39 is 17.9 Å². The molecule has 0 amide bonds. The zero-order valence-electron chi connectivity index (χ0n) is 27.8. The molecular formula is C34H68N2O6. The maximum atomic E-state index is 10.3. The van der Waals surface area contributed by atoms with Crippen molar-refractivity contribution in [2.75, 3.05) is 6.54 Å². The van der Waals surface area contributed by atoms with Crippen LogP contribution in [-0.2, 0) is 14.4 Å². The van der Waals surface area contributed by atoms with Gasteiger partial charge in [0.1, 0.15) is 0 Å². The van der Waals surface area contributed by atoms with Crippen molar-refractivity contribution in [2.24, 2.45) is 22.3 Å². The van der Waals surface area contributed by atoms with Gasteiger partial charge in [0, 0.05) is 25.3 Å². The minimum absolute atomic E-state index is 0.0628. The van der Waals surface area contributed by atoms with Crippen LogP contribution in [0.25, 0.3) is 0 Å². The Morgan fingerprint density at radius 1 is 0.595 bits per heavy atom. The fraction of sp³-hybridized carbons (Fsp3) is 0.912. The highest BCUT2D eigenvalue weighted by atomic mass is 16.4. The first kappa shape index (κ1) is 42.5. The van der Waals surface area contributed by atoms with Gasteiger partial charge >= 0.3 is 17.9 Å². The average molecular weight is 601 g/mol. The van der Waals surface area contributed by atoms with E-state index in [0.717, 1.165) is 32.2 Å². The molecule has 2 unspecified atom stereocenters. The molecule has 0 saturated heterocycles. The molecule has 8 heteroatoms. The standard InChI is InChI=1S/C18H36O2.C10H22N2.C6H10O4/c1-2-3-4-5-6-7-8-9-10-11-12-13-14-15-16-17-18(19)20;1-9(2)4-8(12)5-10(3,6-9)7-11;7-5(8)3-1-2-4-6(9)10/h2-17H2,1H3,(H,19,20);8H,4-7,11-12H2,1-3H3;1-4H2,(H,7,8)(H,9,10). The number of aliphatic carboxylic acids is 3. The lowest BCUT2D eigenvalue weighted by Crippen LogP contribution is -2.45. The van der Waals surface area contributed by atoms with E-state index in [1.54, 1.807) is 0 Å². The number of rotatable bonds is 22. The van der Waals surface area contributed by atoms with Gasteiger partial charge in [-0.25, -0.2) is 0 Å². The molecule has 0 aromatic heterocycles. The van der Waals surface area contributed by atoms with E-state index in [1.807, 2.05) is 0 Å². The first-order chi connectivity index (χ1) is 19.8. The second-order valence-electron chi connectivity index (χ2n) is 13.6. The summed E-state index contributed by atoms with van der Waals surface area (Å²) < 4.78 is 0. The third-order valence-corrected chi connectivity index (χ3v) is 7.99. The Balaban J connectivity index is 0. The molecule has 0 spiro atoms. The third-order valence-electron chi connectivity index (χ3n) is 7.99. The summed E-state index contributed by atoms with van der Waals surface area (Å²) in [7, 11) is 0. The number of hydrogen-bond acceptors (Lipinski definition) is 5. The van der Waals surface area contributed by atoms with Crippen LogP contribution in [0.1, 0.15) is 175 Å². The van der Waals surface area contributed by atoms with Gasteiger partial charge in [0.2, 0.25) is 0 Å². The Kier molecular flexibility index (Phi) is 27.2. The van der Waals surface area contributed by atoms with Crippen LogP contribution in [0.2, 0.25) is 0 Å². The zero-order valence-corrected chi connectivity index (χ0v) is 27.8. The van der Waals surface area contributed by atoms with Crippen LogP contribution >= 0.6 is 0 Å². The summed E-state index contributed by atoms with van der Waals surface area (Å²) in [5.74, 6) is -2.39. The second kappa shape index (κ2) is 26.9. The first-order valence-electron chi connectivity index (χ1n) is 16.9. The largest absolute Gasteiger partial charge is 0.481 e. The van der Waals surface area contributed by atoms with E-state index in [0.29, 0.717) is 30.7 Å². The van der Waals surface area contributed by atoms with E-state index in [9.17, 15) is 14.4 Å². The third kappa shape index (κ3) is 31.3. The lowest BCUT2D eigenvalue weighted by Gasteiger charge is -2.45. The molecular weight excluding hydrogens is 532 g/mol. The van der Waals surface area contributed by atoms with Gasteiger partial charge < -0.3 is 26.8 Å². The number of hydrogen-bond donors (Lipinski definition) is 5. The van der Waals surface area contributed by atoms with Crippen LogP contribution < -0.4 is 11.5 Å². The quantitative estimate of drug-likeness (QED) is 0.0771. The van der Waals surface area contributed by atoms with Crippen molar-refractivity contribution in [1.82, 2.24) is 0 Å². The van der Waals surface area contributed by atoms with Crippen molar-refractivity contribution in [3.8, 4) is 0 Å². The Hall–Kier alpha value is -1.67. The van der Waals surface area contributed by atoms with Crippen molar-refractivity contribution in [3.63, 3.8) is 0 Å². The number of carbonyl (C=O) groups is 3. The van der Waals surface area contributed by atoms with Crippen LogP contribution in [0.15, 0.2) is 0 Å². The average Bonchev–Trinajstić information content (AvgIpc) is 2.88. The molecule has 0 aromatic rings. The minimum atomic E-state index is -0.870. The number of nitrogens with two attached hydrogens (primary N) is 2. The molecule has 1 aliphatic carbocycles. The Bertz CT molecular complexity index is 669. The summed E-state index contributed by atoms with van der Waals surface area (Å²) in [6, 6.07) is 0.349. The molecule has 0 radical (unpaired) electrons. The Labute approximate surface area is 257 Å².